The van der Waals surface area contributed by atoms with Gasteiger partial charge in [0.1, 0.15) is 0 Å². The molecule has 6 heteroatoms. The number of piperidine rings is 1. The van der Waals surface area contributed by atoms with Gasteiger partial charge >= 0.3 is 5.97 Å². The van der Waals surface area contributed by atoms with Gasteiger partial charge in [-0.05, 0) is 25.7 Å². The first-order valence-electron chi connectivity index (χ1n) is 7.99. The van der Waals surface area contributed by atoms with E-state index < -0.39 is 11.9 Å². The number of carbonyl (C=O) groups excluding carboxylic acids is 1. The van der Waals surface area contributed by atoms with Crippen molar-refractivity contribution < 1.29 is 19.4 Å². The molecule has 0 radical (unpaired) electrons. The molecule has 0 aromatic rings. The molecule has 2 atom stereocenters. The first kappa shape index (κ1) is 14.8. The summed E-state index contributed by atoms with van der Waals surface area (Å²) in [5, 5.41) is 9.05. The number of likely N-dealkylation sites (tertiary alicyclic amines) is 2. The van der Waals surface area contributed by atoms with Crippen LogP contribution in [-0.2, 0) is 14.3 Å². The van der Waals surface area contributed by atoms with Crippen molar-refractivity contribution in [2.45, 2.75) is 44.2 Å². The van der Waals surface area contributed by atoms with Gasteiger partial charge in [0.2, 0.25) is 5.91 Å². The molecule has 0 aliphatic carbocycles. The van der Waals surface area contributed by atoms with Crippen LogP contribution in [0.3, 0.4) is 0 Å². The second kappa shape index (κ2) is 6.32. The van der Waals surface area contributed by atoms with Gasteiger partial charge in [-0.3, -0.25) is 9.59 Å². The third-order valence-corrected chi connectivity index (χ3v) is 4.99. The fourth-order valence-electron chi connectivity index (χ4n) is 3.74. The molecule has 21 heavy (non-hydrogen) atoms. The summed E-state index contributed by atoms with van der Waals surface area (Å²) in [6, 6.07) is 0.225. The Balaban J connectivity index is 1.47. The molecule has 118 valence electrons. The van der Waals surface area contributed by atoms with Crippen LogP contribution in [0.5, 0.6) is 0 Å². The van der Waals surface area contributed by atoms with E-state index >= 15 is 0 Å². The molecule has 3 saturated heterocycles. The molecule has 0 saturated carbocycles. The maximum absolute atomic E-state index is 12.0. The van der Waals surface area contributed by atoms with Crippen LogP contribution in [0.1, 0.15) is 32.1 Å². The lowest BCUT2D eigenvalue weighted by atomic mass is 10.0. The number of ether oxygens (including phenoxy) is 1. The Kier molecular flexibility index (Phi) is 4.45. The number of aliphatic carboxylic acids is 1. The predicted molar refractivity (Wildman–Crippen MR) is 75.9 cm³/mol. The smallest absolute Gasteiger partial charge is 0.308 e. The number of carboxylic acid groups (broad SMARTS) is 1. The molecule has 0 bridgehead atoms. The van der Waals surface area contributed by atoms with E-state index in [1.54, 1.807) is 0 Å². The van der Waals surface area contributed by atoms with Gasteiger partial charge < -0.3 is 19.6 Å². The van der Waals surface area contributed by atoms with Crippen molar-refractivity contribution in [3.8, 4) is 0 Å². The first-order chi connectivity index (χ1) is 10.1. The highest BCUT2D eigenvalue weighted by molar-refractivity contribution is 5.86. The number of hydrogen-bond acceptors (Lipinski definition) is 4. The number of rotatable bonds is 4. The van der Waals surface area contributed by atoms with Gasteiger partial charge in [0.05, 0.1) is 12.0 Å². The Morgan fingerprint density at radius 3 is 2.62 bits per heavy atom. The van der Waals surface area contributed by atoms with Crippen LogP contribution in [0.15, 0.2) is 0 Å². The Morgan fingerprint density at radius 1 is 1.29 bits per heavy atom. The lowest BCUT2D eigenvalue weighted by molar-refractivity contribution is -0.141. The normalized spacial score (nSPS) is 32.0. The third-order valence-electron chi connectivity index (χ3n) is 4.99. The summed E-state index contributed by atoms with van der Waals surface area (Å²) in [7, 11) is 0. The van der Waals surface area contributed by atoms with E-state index in [0.29, 0.717) is 12.6 Å². The van der Waals surface area contributed by atoms with Crippen LogP contribution in [0, 0.1) is 5.92 Å². The topological polar surface area (TPSA) is 70.1 Å². The summed E-state index contributed by atoms with van der Waals surface area (Å²) < 4.78 is 5.67. The van der Waals surface area contributed by atoms with Crippen LogP contribution in [0.2, 0.25) is 0 Å². The van der Waals surface area contributed by atoms with E-state index in [1.165, 1.54) is 6.42 Å². The molecule has 3 fully saturated rings. The van der Waals surface area contributed by atoms with E-state index in [1.807, 2.05) is 4.90 Å². The highest BCUT2D eigenvalue weighted by atomic mass is 16.5. The molecule has 3 rings (SSSR count). The van der Waals surface area contributed by atoms with E-state index in [2.05, 4.69) is 4.90 Å². The largest absolute Gasteiger partial charge is 0.481 e. The molecular weight excluding hydrogens is 272 g/mol. The number of hydrogen-bond donors (Lipinski definition) is 1. The van der Waals surface area contributed by atoms with E-state index in [-0.39, 0.29) is 18.4 Å². The quantitative estimate of drug-likeness (QED) is 0.821. The summed E-state index contributed by atoms with van der Waals surface area (Å²) in [4.78, 5) is 27.2. The average Bonchev–Trinajstić information content (AvgIpc) is 3.09. The molecule has 1 amide bonds. The van der Waals surface area contributed by atoms with Crippen LogP contribution in [-0.4, -0.2) is 71.7 Å². The zero-order chi connectivity index (χ0) is 14.8. The second-order valence-electron chi connectivity index (χ2n) is 6.45. The van der Waals surface area contributed by atoms with E-state index in [0.717, 1.165) is 45.5 Å². The minimum absolute atomic E-state index is 0.0139. The zero-order valence-corrected chi connectivity index (χ0v) is 12.4. The Morgan fingerprint density at radius 2 is 2.05 bits per heavy atom. The molecule has 3 heterocycles. The van der Waals surface area contributed by atoms with Gasteiger partial charge in [-0.15, -0.1) is 0 Å². The average molecular weight is 296 g/mol. The molecule has 0 spiro atoms. The lowest BCUT2D eigenvalue weighted by Crippen LogP contribution is -2.47. The highest BCUT2D eigenvalue weighted by Crippen LogP contribution is 2.26. The number of nitrogens with zero attached hydrogens (tertiary/aromatic N) is 2. The molecule has 3 aliphatic rings. The summed E-state index contributed by atoms with van der Waals surface area (Å²) in [5.74, 6) is -1.34. The van der Waals surface area contributed by atoms with Crippen molar-refractivity contribution in [1.82, 2.24) is 9.80 Å². The van der Waals surface area contributed by atoms with Crippen molar-refractivity contribution in [3.63, 3.8) is 0 Å². The van der Waals surface area contributed by atoms with Crippen LogP contribution in [0.25, 0.3) is 0 Å². The highest BCUT2D eigenvalue weighted by Gasteiger charge is 2.39. The predicted octanol–water partition coefficient (Wildman–Crippen LogP) is 0.563. The minimum atomic E-state index is -0.846. The summed E-state index contributed by atoms with van der Waals surface area (Å²) >= 11 is 0. The van der Waals surface area contributed by atoms with Gasteiger partial charge in [-0.25, -0.2) is 0 Å². The SMILES string of the molecule is O=C(O)C1CC(=O)N(C2CCN(CC3CCCO3)CC2)C1. The molecule has 0 aromatic heterocycles. The minimum Gasteiger partial charge on any atom is -0.481 e. The van der Waals surface area contributed by atoms with Crippen LogP contribution >= 0.6 is 0 Å². The van der Waals surface area contributed by atoms with Gasteiger partial charge in [0.25, 0.3) is 0 Å². The van der Waals surface area contributed by atoms with Gasteiger partial charge in [-0.2, -0.15) is 0 Å². The molecule has 3 aliphatic heterocycles. The molecule has 6 nitrogen and oxygen atoms in total. The van der Waals surface area contributed by atoms with Crippen molar-refractivity contribution in [2.24, 2.45) is 5.92 Å². The van der Waals surface area contributed by atoms with Crippen molar-refractivity contribution in [3.05, 3.63) is 0 Å². The zero-order valence-electron chi connectivity index (χ0n) is 12.4. The van der Waals surface area contributed by atoms with Crippen LogP contribution < -0.4 is 0 Å². The number of amides is 1. The molecular formula is C15H24N2O4. The monoisotopic (exact) mass is 296 g/mol. The lowest BCUT2D eigenvalue weighted by Gasteiger charge is -2.37. The maximum Gasteiger partial charge on any atom is 0.308 e. The van der Waals surface area contributed by atoms with Gasteiger partial charge in [0.15, 0.2) is 0 Å². The number of carboxylic acids is 1. The molecule has 1 N–H and O–H groups in total. The Bertz CT molecular complexity index is 400. The summed E-state index contributed by atoms with van der Waals surface area (Å²) in [5.41, 5.74) is 0. The maximum atomic E-state index is 12.0. The van der Waals surface area contributed by atoms with E-state index in [9.17, 15) is 9.59 Å². The van der Waals surface area contributed by atoms with Crippen molar-refractivity contribution >= 4 is 11.9 Å². The van der Waals surface area contributed by atoms with Gasteiger partial charge in [-0.1, -0.05) is 0 Å². The van der Waals surface area contributed by atoms with E-state index in [4.69, 9.17) is 9.84 Å². The van der Waals surface area contributed by atoms with Crippen LogP contribution in [0.4, 0.5) is 0 Å². The second-order valence-corrected chi connectivity index (χ2v) is 6.45. The molecule has 0 aromatic carbocycles. The Labute approximate surface area is 125 Å². The number of carbonyl (C=O) groups is 2. The molecule has 2 unspecified atom stereocenters. The third kappa shape index (κ3) is 3.37. The van der Waals surface area contributed by atoms with Gasteiger partial charge in [0, 0.05) is 45.2 Å². The standard InChI is InChI=1S/C15H24N2O4/c18-14-8-11(15(19)20)9-17(14)12-3-5-16(6-4-12)10-13-2-1-7-21-13/h11-13H,1-10H2,(H,19,20). The fourth-order valence-corrected chi connectivity index (χ4v) is 3.74. The van der Waals surface area contributed by atoms with Crippen molar-refractivity contribution in [2.75, 3.05) is 32.8 Å². The summed E-state index contributed by atoms with van der Waals surface area (Å²) in [6.45, 7) is 4.24. The first-order valence-corrected chi connectivity index (χ1v) is 7.99. The van der Waals surface area contributed by atoms with Crippen molar-refractivity contribution in [1.29, 1.82) is 0 Å². The summed E-state index contributed by atoms with van der Waals surface area (Å²) in [6.07, 6.45) is 4.78. The fraction of sp³-hybridized carbons (Fsp3) is 0.867. The Hall–Kier alpha value is -1.14.